The number of halogens is 2. The van der Waals surface area contributed by atoms with Gasteiger partial charge in [0.1, 0.15) is 0 Å². The highest BCUT2D eigenvalue weighted by molar-refractivity contribution is 6.35. The lowest BCUT2D eigenvalue weighted by atomic mass is 10.1. The van der Waals surface area contributed by atoms with Crippen molar-refractivity contribution in [3.8, 4) is 0 Å². The van der Waals surface area contributed by atoms with Crippen LogP contribution in [0.3, 0.4) is 0 Å². The molecule has 0 bridgehead atoms. The van der Waals surface area contributed by atoms with Crippen LogP contribution in [0, 0.1) is 0 Å². The van der Waals surface area contributed by atoms with Gasteiger partial charge in [0.15, 0.2) is 0 Å². The van der Waals surface area contributed by atoms with E-state index in [-0.39, 0.29) is 5.91 Å². The van der Waals surface area contributed by atoms with Crippen LogP contribution in [0.15, 0.2) is 48.5 Å². The Morgan fingerprint density at radius 3 is 2.53 bits per heavy atom. The molecule has 0 aromatic heterocycles. The van der Waals surface area contributed by atoms with Crippen LogP contribution in [0.25, 0.3) is 0 Å². The Morgan fingerprint density at radius 1 is 1.05 bits per heavy atom. The van der Waals surface area contributed by atoms with Gasteiger partial charge in [-0.2, -0.15) is 0 Å². The standard InChI is InChI=1S/C15H13Cl2NO/c16-12-6-7-14(17)13(10-12)15(19)18-9-8-11-4-2-1-3-5-11/h1-7,10H,8-9H2,(H,18,19). The van der Waals surface area contributed by atoms with Crippen molar-refractivity contribution < 1.29 is 4.79 Å². The third-order valence-corrected chi connectivity index (χ3v) is 3.28. The lowest BCUT2D eigenvalue weighted by Gasteiger charge is -2.07. The Hall–Kier alpha value is -1.51. The van der Waals surface area contributed by atoms with Crippen LogP contribution in [0.4, 0.5) is 0 Å². The van der Waals surface area contributed by atoms with Crippen molar-refractivity contribution in [1.29, 1.82) is 0 Å². The lowest BCUT2D eigenvalue weighted by molar-refractivity contribution is 0.0954. The van der Waals surface area contributed by atoms with Crippen molar-refractivity contribution >= 4 is 29.1 Å². The molecule has 19 heavy (non-hydrogen) atoms. The number of nitrogens with one attached hydrogen (secondary N) is 1. The van der Waals surface area contributed by atoms with Crippen LogP contribution >= 0.6 is 23.2 Å². The number of hydrogen-bond acceptors (Lipinski definition) is 1. The minimum absolute atomic E-state index is 0.205. The summed E-state index contributed by atoms with van der Waals surface area (Å²) in [7, 11) is 0. The Bertz CT molecular complexity index is 570. The summed E-state index contributed by atoms with van der Waals surface area (Å²) in [5.41, 5.74) is 1.59. The largest absolute Gasteiger partial charge is 0.352 e. The van der Waals surface area contributed by atoms with Crippen molar-refractivity contribution in [2.75, 3.05) is 6.54 Å². The van der Waals surface area contributed by atoms with Crippen molar-refractivity contribution in [1.82, 2.24) is 5.32 Å². The molecule has 0 fully saturated rings. The molecule has 0 aliphatic rings. The molecule has 4 heteroatoms. The molecule has 0 saturated carbocycles. The summed E-state index contributed by atoms with van der Waals surface area (Å²) in [5.74, 6) is -0.205. The minimum atomic E-state index is -0.205. The molecule has 0 unspecified atom stereocenters. The summed E-state index contributed by atoms with van der Waals surface area (Å²) in [6, 6.07) is 14.8. The van der Waals surface area contributed by atoms with Crippen molar-refractivity contribution in [3.63, 3.8) is 0 Å². The maximum Gasteiger partial charge on any atom is 0.252 e. The number of carbonyl (C=O) groups excluding carboxylic acids is 1. The van der Waals surface area contributed by atoms with E-state index in [1.165, 1.54) is 5.56 Å². The molecule has 2 nitrogen and oxygen atoms in total. The fourth-order valence-corrected chi connectivity index (χ4v) is 2.11. The van der Waals surface area contributed by atoms with Gasteiger partial charge in [-0.1, -0.05) is 53.5 Å². The van der Waals surface area contributed by atoms with Gasteiger partial charge in [-0.25, -0.2) is 0 Å². The normalized spacial score (nSPS) is 10.2. The molecule has 0 saturated heterocycles. The second kappa shape index (κ2) is 6.60. The third kappa shape index (κ3) is 3.98. The van der Waals surface area contributed by atoms with Crippen LogP contribution < -0.4 is 5.32 Å². The molecule has 1 N–H and O–H groups in total. The topological polar surface area (TPSA) is 29.1 Å². The van der Waals surface area contributed by atoms with Crippen molar-refractivity contribution in [2.24, 2.45) is 0 Å². The van der Waals surface area contributed by atoms with Crippen LogP contribution in [0.5, 0.6) is 0 Å². The summed E-state index contributed by atoms with van der Waals surface area (Å²) < 4.78 is 0. The smallest absolute Gasteiger partial charge is 0.252 e. The highest BCUT2D eigenvalue weighted by Gasteiger charge is 2.10. The maximum absolute atomic E-state index is 12.0. The van der Waals surface area contributed by atoms with Crippen molar-refractivity contribution in [3.05, 3.63) is 69.7 Å². The first-order valence-electron chi connectivity index (χ1n) is 5.94. The molecule has 98 valence electrons. The quantitative estimate of drug-likeness (QED) is 0.908. The van der Waals surface area contributed by atoms with Gasteiger partial charge in [-0.05, 0) is 30.2 Å². The lowest BCUT2D eigenvalue weighted by Crippen LogP contribution is -2.25. The zero-order valence-corrected chi connectivity index (χ0v) is 11.7. The predicted molar refractivity (Wildman–Crippen MR) is 78.9 cm³/mol. The van der Waals surface area contributed by atoms with E-state index in [4.69, 9.17) is 23.2 Å². The van der Waals surface area contributed by atoms with E-state index in [9.17, 15) is 4.79 Å². The molecule has 2 rings (SSSR count). The number of rotatable bonds is 4. The highest BCUT2D eigenvalue weighted by atomic mass is 35.5. The monoisotopic (exact) mass is 293 g/mol. The Labute approximate surface area is 122 Å². The van der Waals surface area contributed by atoms with E-state index in [1.807, 2.05) is 30.3 Å². The number of hydrogen-bond donors (Lipinski definition) is 1. The van der Waals surface area contributed by atoms with Crippen LogP contribution in [0.1, 0.15) is 15.9 Å². The molecule has 0 atom stereocenters. The molecule has 2 aromatic rings. The van der Waals surface area contributed by atoms with Crippen LogP contribution in [0.2, 0.25) is 10.0 Å². The van der Waals surface area contributed by atoms with Gasteiger partial charge >= 0.3 is 0 Å². The Balaban J connectivity index is 1.93. The van der Waals surface area contributed by atoms with Gasteiger partial charge in [0.05, 0.1) is 10.6 Å². The van der Waals surface area contributed by atoms with Gasteiger partial charge in [-0.3, -0.25) is 4.79 Å². The van der Waals surface area contributed by atoms with Crippen LogP contribution in [-0.4, -0.2) is 12.5 Å². The van der Waals surface area contributed by atoms with E-state index in [1.54, 1.807) is 18.2 Å². The molecular weight excluding hydrogens is 281 g/mol. The molecule has 0 spiro atoms. The zero-order valence-electron chi connectivity index (χ0n) is 10.2. The second-order valence-electron chi connectivity index (χ2n) is 4.12. The fraction of sp³-hybridized carbons (Fsp3) is 0.133. The number of benzene rings is 2. The molecule has 2 aromatic carbocycles. The summed E-state index contributed by atoms with van der Waals surface area (Å²) in [6.07, 6.45) is 0.783. The van der Waals surface area contributed by atoms with E-state index in [2.05, 4.69) is 5.32 Å². The fourth-order valence-electron chi connectivity index (χ4n) is 1.73. The van der Waals surface area contributed by atoms with Gasteiger partial charge in [-0.15, -0.1) is 0 Å². The Morgan fingerprint density at radius 2 is 1.79 bits per heavy atom. The summed E-state index contributed by atoms with van der Waals surface area (Å²) in [6.45, 7) is 0.561. The van der Waals surface area contributed by atoms with E-state index < -0.39 is 0 Å². The number of carbonyl (C=O) groups is 1. The molecular formula is C15H13Cl2NO. The van der Waals surface area contributed by atoms with E-state index >= 15 is 0 Å². The summed E-state index contributed by atoms with van der Waals surface area (Å²) in [5, 5.41) is 3.74. The van der Waals surface area contributed by atoms with Crippen molar-refractivity contribution in [2.45, 2.75) is 6.42 Å². The Kier molecular flexibility index (Phi) is 4.83. The van der Waals surface area contributed by atoms with Gasteiger partial charge in [0.2, 0.25) is 0 Å². The maximum atomic E-state index is 12.0. The zero-order chi connectivity index (χ0) is 13.7. The molecule has 0 radical (unpaired) electrons. The first kappa shape index (κ1) is 13.9. The third-order valence-electron chi connectivity index (χ3n) is 2.72. The predicted octanol–water partition coefficient (Wildman–Crippen LogP) is 3.97. The highest BCUT2D eigenvalue weighted by Crippen LogP contribution is 2.20. The van der Waals surface area contributed by atoms with Gasteiger partial charge in [0, 0.05) is 11.6 Å². The van der Waals surface area contributed by atoms with Gasteiger partial charge < -0.3 is 5.32 Å². The molecule has 0 aliphatic heterocycles. The second-order valence-corrected chi connectivity index (χ2v) is 4.96. The molecule has 0 heterocycles. The van der Waals surface area contributed by atoms with E-state index in [0.717, 1.165) is 6.42 Å². The first-order valence-corrected chi connectivity index (χ1v) is 6.69. The molecule has 0 aliphatic carbocycles. The van der Waals surface area contributed by atoms with Crippen LogP contribution in [-0.2, 0) is 6.42 Å². The molecule has 1 amide bonds. The first-order chi connectivity index (χ1) is 9.16. The van der Waals surface area contributed by atoms with Gasteiger partial charge in [0.25, 0.3) is 5.91 Å². The van der Waals surface area contributed by atoms with E-state index in [0.29, 0.717) is 22.2 Å². The minimum Gasteiger partial charge on any atom is -0.352 e. The average molecular weight is 294 g/mol. The average Bonchev–Trinajstić information content (AvgIpc) is 2.42. The summed E-state index contributed by atoms with van der Waals surface area (Å²) in [4.78, 5) is 12.0. The SMILES string of the molecule is O=C(NCCc1ccccc1)c1cc(Cl)ccc1Cl. The number of amides is 1. The summed E-state index contributed by atoms with van der Waals surface area (Å²) >= 11 is 11.8.